The molecule has 0 bridgehead atoms. The summed E-state index contributed by atoms with van der Waals surface area (Å²) < 4.78 is 0. The quantitative estimate of drug-likeness (QED) is 0.863. The van der Waals surface area contributed by atoms with Gasteiger partial charge in [0.1, 0.15) is 16.6 Å². The maximum absolute atomic E-state index is 12.2. The minimum atomic E-state index is -0.378. The monoisotopic (exact) mass is 302 g/mol. The molecule has 1 aromatic carbocycles. The lowest BCUT2D eigenvalue weighted by molar-refractivity contribution is -0.117. The Kier molecular flexibility index (Phi) is 5.06. The zero-order chi connectivity index (χ0) is 15.2. The van der Waals surface area contributed by atoms with E-state index >= 15 is 0 Å². The zero-order valence-electron chi connectivity index (χ0n) is 11.5. The summed E-state index contributed by atoms with van der Waals surface area (Å²) in [4.78, 5) is 27.6. The first-order chi connectivity index (χ1) is 10.1. The number of carbonyl (C=O) groups excluding carboxylic acids is 2. The summed E-state index contributed by atoms with van der Waals surface area (Å²) in [5.41, 5.74) is 1.11. The van der Waals surface area contributed by atoms with Crippen molar-refractivity contribution in [3.63, 3.8) is 0 Å². The Balaban J connectivity index is 2.19. The maximum atomic E-state index is 12.2. The number of carbonyl (C=O) groups is 2. The van der Waals surface area contributed by atoms with Crippen LogP contribution in [0.25, 0.3) is 0 Å². The van der Waals surface area contributed by atoms with E-state index in [1.165, 1.54) is 6.92 Å². The fourth-order valence-electron chi connectivity index (χ4n) is 1.99. The SMILES string of the molecule is CC(=O)C[C@H](NC(=O)c1cccc(Cl)n1)c1ccccc1. The third-order valence-corrected chi connectivity index (χ3v) is 3.16. The van der Waals surface area contributed by atoms with E-state index in [2.05, 4.69) is 10.3 Å². The highest BCUT2D eigenvalue weighted by Gasteiger charge is 2.18. The van der Waals surface area contributed by atoms with E-state index in [0.29, 0.717) is 0 Å². The molecule has 0 aliphatic carbocycles. The van der Waals surface area contributed by atoms with Crippen LogP contribution in [0.1, 0.15) is 35.4 Å². The van der Waals surface area contributed by atoms with Gasteiger partial charge in [0.25, 0.3) is 5.91 Å². The number of amides is 1. The van der Waals surface area contributed by atoms with Crippen molar-refractivity contribution in [2.24, 2.45) is 0 Å². The topological polar surface area (TPSA) is 59.1 Å². The van der Waals surface area contributed by atoms with E-state index < -0.39 is 0 Å². The second-order valence-corrected chi connectivity index (χ2v) is 5.08. The Morgan fingerprint density at radius 3 is 2.48 bits per heavy atom. The Morgan fingerprint density at radius 1 is 1.14 bits per heavy atom. The van der Waals surface area contributed by atoms with Crippen molar-refractivity contribution in [1.29, 1.82) is 0 Å². The smallest absolute Gasteiger partial charge is 0.270 e. The number of aromatic nitrogens is 1. The van der Waals surface area contributed by atoms with Gasteiger partial charge in [-0.1, -0.05) is 48.0 Å². The van der Waals surface area contributed by atoms with Crippen LogP contribution in [0.3, 0.4) is 0 Å². The molecule has 0 aliphatic rings. The lowest BCUT2D eigenvalue weighted by atomic mass is 10.0. The number of hydrogen-bond donors (Lipinski definition) is 1. The Hall–Kier alpha value is -2.20. The zero-order valence-corrected chi connectivity index (χ0v) is 12.3. The molecule has 1 aromatic heterocycles. The third kappa shape index (κ3) is 4.39. The summed E-state index contributed by atoms with van der Waals surface area (Å²) in [6.45, 7) is 1.50. The molecule has 1 amide bonds. The van der Waals surface area contributed by atoms with Gasteiger partial charge in [-0.05, 0) is 24.6 Å². The van der Waals surface area contributed by atoms with Gasteiger partial charge < -0.3 is 5.32 Å². The minimum absolute atomic E-state index is 0.00297. The van der Waals surface area contributed by atoms with E-state index in [1.807, 2.05) is 30.3 Å². The van der Waals surface area contributed by atoms with Crippen molar-refractivity contribution in [2.45, 2.75) is 19.4 Å². The van der Waals surface area contributed by atoms with Crippen molar-refractivity contribution in [3.05, 3.63) is 64.9 Å². The van der Waals surface area contributed by atoms with Crippen molar-refractivity contribution in [3.8, 4) is 0 Å². The predicted molar refractivity (Wildman–Crippen MR) is 81.2 cm³/mol. The molecular weight excluding hydrogens is 288 g/mol. The van der Waals surface area contributed by atoms with Gasteiger partial charge in [-0.3, -0.25) is 9.59 Å². The highest BCUT2D eigenvalue weighted by atomic mass is 35.5. The number of halogens is 1. The molecule has 0 spiro atoms. The highest BCUT2D eigenvalue weighted by molar-refractivity contribution is 6.29. The normalized spacial score (nSPS) is 11.7. The maximum Gasteiger partial charge on any atom is 0.270 e. The number of nitrogens with one attached hydrogen (secondary N) is 1. The van der Waals surface area contributed by atoms with Crippen LogP contribution in [0.4, 0.5) is 0 Å². The van der Waals surface area contributed by atoms with E-state index in [0.717, 1.165) is 5.56 Å². The number of hydrogen-bond acceptors (Lipinski definition) is 3. The first kappa shape index (κ1) is 15.2. The summed E-state index contributed by atoms with van der Waals surface area (Å²) in [6.07, 6.45) is 0.232. The molecule has 1 atom stereocenters. The molecule has 0 aliphatic heterocycles. The first-order valence-corrected chi connectivity index (χ1v) is 6.92. The van der Waals surface area contributed by atoms with Gasteiger partial charge in [0, 0.05) is 6.42 Å². The minimum Gasteiger partial charge on any atom is -0.343 e. The number of Topliss-reactive ketones (excluding diaryl/α,β-unsaturated/α-hetero) is 1. The van der Waals surface area contributed by atoms with Crippen LogP contribution >= 0.6 is 11.6 Å². The molecular formula is C16H15ClN2O2. The average Bonchev–Trinajstić information content (AvgIpc) is 2.47. The van der Waals surface area contributed by atoms with E-state index in [9.17, 15) is 9.59 Å². The standard InChI is InChI=1S/C16H15ClN2O2/c1-11(20)10-14(12-6-3-2-4-7-12)19-16(21)13-8-5-9-15(17)18-13/h2-9,14H,10H2,1H3,(H,19,21)/t14-/m0/s1. The van der Waals surface area contributed by atoms with Crippen LogP contribution in [0.5, 0.6) is 0 Å². The number of rotatable bonds is 5. The summed E-state index contributed by atoms with van der Waals surface area (Å²) in [5, 5.41) is 3.08. The number of pyridine rings is 1. The lowest BCUT2D eigenvalue weighted by Crippen LogP contribution is -2.30. The van der Waals surface area contributed by atoms with Crippen LogP contribution < -0.4 is 5.32 Å². The second-order valence-electron chi connectivity index (χ2n) is 4.69. The molecule has 2 aromatic rings. The van der Waals surface area contributed by atoms with Crippen molar-refractivity contribution >= 4 is 23.3 Å². The van der Waals surface area contributed by atoms with E-state index in [1.54, 1.807) is 18.2 Å². The fraction of sp³-hybridized carbons (Fsp3) is 0.188. The first-order valence-electron chi connectivity index (χ1n) is 6.54. The lowest BCUT2D eigenvalue weighted by Gasteiger charge is -2.17. The van der Waals surface area contributed by atoms with Gasteiger partial charge in [0.15, 0.2) is 0 Å². The highest BCUT2D eigenvalue weighted by Crippen LogP contribution is 2.17. The predicted octanol–water partition coefficient (Wildman–Crippen LogP) is 3.19. The van der Waals surface area contributed by atoms with Gasteiger partial charge in [-0.15, -0.1) is 0 Å². The van der Waals surface area contributed by atoms with Gasteiger partial charge >= 0.3 is 0 Å². The van der Waals surface area contributed by atoms with Crippen LogP contribution in [0, 0.1) is 0 Å². The van der Waals surface area contributed by atoms with Crippen LogP contribution in [-0.2, 0) is 4.79 Å². The Labute approximate surface area is 128 Å². The summed E-state index contributed by atoms with van der Waals surface area (Å²) in [5.74, 6) is -0.351. The van der Waals surface area contributed by atoms with Crippen molar-refractivity contribution in [1.82, 2.24) is 10.3 Å². The van der Waals surface area contributed by atoms with E-state index in [-0.39, 0.29) is 35.0 Å². The molecule has 4 nitrogen and oxygen atoms in total. The molecule has 108 valence electrons. The number of nitrogens with zero attached hydrogens (tertiary/aromatic N) is 1. The molecule has 5 heteroatoms. The largest absolute Gasteiger partial charge is 0.343 e. The molecule has 0 saturated carbocycles. The molecule has 0 saturated heterocycles. The molecule has 1 heterocycles. The molecule has 2 rings (SSSR count). The van der Waals surface area contributed by atoms with Gasteiger partial charge in [0.05, 0.1) is 6.04 Å². The second kappa shape index (κ2) is 6.99. The van der Waals surface area contributed by atoms with Crippen molar-refractivity contribution in [2.75, 3.05) is 0 Å². The van der Waals surface area contributed by atoms with Crippen molar-refractivity contribution < 1.29 is 9.59 Å². The summed E-state index contributed by atoms with van der Waals surface area (Å²) >= 11 is 5.78. The Bertz CT molecular complexity index is 644. The van der Waals surface area contributed by atoms with Gasteiger partial charge in [-0.2, -0.15) is 0 Å². The van der Waals surface area contributed by atoms with E-state index in [4.69, 9.17) is 11.6 Å². The molecule has 0 radical (unpaired) electrons. The Morgan fingerprint density at radius 2 is 1.86 bits per heavy atom. The molecule has 0 fully saturated rings. The number of ketones is 1. The summed E-state index contributed by atoms with van der Waals surface area (Å²) in [6, 6.07) is 13.8. The summed E-state index contributed by atoms with van der Waals surface area (Å²) in [7, 11) is 0. The third-order valence-electron chi connectivity index (χ3n) is 2.95. The number of benzene rings is 1. The van der Waals surface area contributed by atoms with Crippen LogP contribution in [-0.4, -0.2) is 16.7 Å². The molecule has 0 unspecified atom stereocenters. The average molecular weight is 303 g/mol. The van der Waals surface area contributed by atoms with Crippen LogP contribution in [0.2, 0.25) is 5.15 Å². The van der Waals surface area contributed by atoms with Crippen LogP contribution in [0.15, 0.2) is 48.5 Å². The molecule has 1 N–H and O–H groups in total. The van der Waals surface area contributed by atoms with Gasteiger partial charge in [-0.25, -0.2) is 4.98 Å². The van der Waals surface area contributed by atoms with Gasteiger partial charge in [0.2, 0.25) is 0 Å². The molecule has 21 heavy (non-hydrogen) atoms. The fourth-order valence-corrected chi connectivity index (χ4v) is 2.16.